The van der Waals surface area contributed by atoms with Gasteiger partial charge in [0.05, 0.1) is 15.2 Å². The van der Waals surface area contributed by atoms with Gasteiger partial charge in [-0.25, -0.2) is 4.39 Å². The van der Waals surface area contributed by atoms with Gasteiger partial charge in [-0.2, -0.15) is 0 Å². The van der Waals surface area contributed by atoms with E-state index in [2.05, 4.69) is 21.2 Å². The maximum atomic E-state index is 13.3. The molecule has 2 aromatic rings. The Hall–Kier alpha value is -1.26. The standard InChI is InChI=1S/C13H11BrClFN2/c1-7-4-11(16)9(14)6-13(7)18-12-3-2-8(17)5-10(12)15/h2-6,18H,17H2,1H3. The second-order valence-corrected chi connectivity index (χ2v) is 5.21. The predicted molar refractivity (Wildman–Crippen MR) is 78.0 cm³/mol. The van der Waals surface area contributed by atoms with Crippen LogP contribution in [0.5, 0.6) is 0 Å². The van der Waals surface area contributed by atoms with Crippen LogP contribution < -0.4 is 11.1 Å². The Morgan fingerprint density at radius 2 is 1.94 bits per heavy atom. The first-order valence-corrected chi connectivity index (χ1v) is 6.42. The van der Waals surface area contributed by atoms with Crippen LogP contribution in [-0.2, 0) is 0 Å². The van der Waals surface area contributed by atoms with Crippen LogP contribution in [0.1, 0.15) is 5.56 Å². The van der Waals surface area contributed by atoms with Gasteiger partial charge in [0.25, 0.3) is 0 Å². The fourth-order valence-electron chi connectivity index (χ4n) is 1.56. The third-order valence-corrected chi connectivity index (χ3v) is 3.45. The van der Waals surface area contributed by atoms with Crippen LogP contribution >= 0.6 is 27.5 Å². The first-order chi connectivity index (χ1) is 8.47. The minimum absolute atomic E-state index is 0.290. The van der Waals surface area contributed by atoms with Crippen molar-refractivity contribution in [1.82, 2.24) is 0 Å². The molecule has 0 aliphatic rings. The van der Waals surface area contributed by atoms with Crippen LogP contribution in [0.2, 0.25) is 5.02 Å². The van der Waals surface area contributed by atoms with Gasteiger partial charge < -0.3 is 11.1 Å². The second kappa shape index (κ2) is 5.16. The monoisotopic (exact) mass is 328 g/mol. The number of benzene rings is 2. The third-order valence-electron chi connectivity index (χ3n) is 2.53. The van der Waals surface area contributed by atoms with E-state index in [0.29, 0.717) is 15.2 Å². The summed E-state index contributed by atoms with van der Waals surface area (Å²) in [7, 11) is 0. The largest absolute Gasteiger partial charge is 0.399 e. The molecule has 0 radical (unpaired) electrons. The number of rotatable bonds is 2. The zero-order valence-corrected chi connectivity index (χ0v) is 11.9. The summed E-state index contributed by atoms with van der Waals surface area (Å²) >= 11 is 9.23. The van der Waals surface area contributed by atoms with Crippen molar-refractivity contribution in [1.29, 1.82) is 0 Å². The fraction of sp³-hybridized carbons (Fsp3) is 0.0769. The van der Waals surface area contributed by atoms with E-state index >= 15 is 0 Å². The molecule has 0 spiro atoms. The molecule has 18 heavy (non-hydrogen) atoms. The Kier molecular flexibility index (Phi) is 3.78. The lowest BCUT2D eigenvalue weighted by molar-refractivity contribution is 0.620. The minimum Gasteiger partial charge on any atom is -0.399 e. The zero-order chi connectivity index (χ0) is 13.3. The highest BCUT2D eigenvalue weighted by molar-refractivity contribution is 9.10. The molecule has 0 unspecified atom stereocenters. The summed E-state index contributed by atoms with van der Waals surface area (Å²) in [5.41, 5.74) is 8.54. The summed E-state index contributed by atoms with van der Waals surface area (Å²) in [6.45, 7) is 1.82. The third kappa shape index (κ3) is 2.76. The van der Waals surface area contributed by atoms with Crippen molar-refractivity contribution >= 4 is 44.6 Å². The highest BCUT2D eigenvalue weighted by atomic mass is 79.9. The normalized spacial score (nSPS) is 10.4. The molecular formula is C13H11BrClFN2. The zero-order valence-electron chi connectivity index (χ0n) is 9.60. The minimum atomic E-state index is -0.290. The summed E-state index contributed by atoms with van der Waals surface area (Å²) in [6.07, 6.45) is 0. The SMILES string of the molecule is Cc1cc(F)c(Br)cc1Nc1ccc(N)cc1Cl. The van der Waals surface area contributed by atoms with E-state index in [9.17, 15) is 4.39 Å². The van der Waals surface area contributed by atoms with Crippen molar-refractivity contribution in [3.8, 4) is 0 Å². The average Bonchev–Trinajstić information content (AvgIpc) is 2.29. The Morgan fingerprint density at radius 3 is 2.61 bits per heavy atom. The first-order valence-electron chi connectivity index (χ1n) is 5.25. The molecule has 0 fully saturated rings. The number of anilines is 3. The van der Waals surface area contributed by atoms with Gasteiger partial charge in [0.15, 0.2) is 0 Å². The molecule has 2 rings (SSSR count). The summed E-state index contributed by atoms with van der Waals surface area (Å²) in [5.74, 6) is -0.290. The van der Waals surface area contributed by atoms with Gasteiger partial charge >= 0.3 is 0 Å². The van der Waals surface area contributed by atoms with Crippen molar-refractivity contribution in [2.75, 3.05) is 11.1 Å². The molecule has 2 nitrogen and oxygen atoms in total. The van der Waals surface area contributed by atoms with Crippen LogP contribution in [0.25, 0.3) is 0 Å². The molecule has 3 N–H and O–H groups in total. The molecule has 2 aromatic carbocycles. The van der Waals surface area contributed by atoms with Crippen LogP contribution in [0, 0.1) is 12.7 Å². The van der Waals surface area contributed by atoms with Crippen molar-refractivity contribution < 1.29 is 4.39 Å². The molecule has 0 heterocycles. The van der Waals surface area contributed by atoms with Gasteiger partial charge in [-0.1, -0.05) is 11.6 Å². The number of aryl methyl sites for hydroxylation is 1. The lowest BCUT2D eigenvalue weighted by Gasteiger charge is -2.12. The van der Waals surface area contributed by atoms with E-state index in [0.717, 1.165) is 16.9 Å². The van der Waals surface area contributed by atoms with Gasteiger partial charge in [0, 0.05) is 11.4 Å². The van der Waals surface area contributed by atoms with Gasteiger partial charge in [-0.15, -0.1) is 0 Å². The van der Waals surface area contributed by atoms with E-state index < -0.39 is 0 Å². The van der Waals surface area contributed by atoms with E-state index in [1.165, 1.54) is 6.07 Å². The number of halogens is 3. The van der Waals surface area contributed by atoms with Crippen molar-refractivity contribution in [3.05, 3.63) is 51.2 Å². The second-order valence-electron chi connectivity index (χ2n) is 3.95. The van der Waals surface area contributed by atoms with E-state index in [4.69, 9.17) is 17.3 Å². The number of hydrogen-bond acceptors (Lipinski definition) is 2. The molecule has 0 bridgehead atoms. The summed E-state index contributed by atoms with van der Waals surface area (Å²) in [4.78, 5) is 0. The smallest absolute Gasteiger partial charge is 0.137 e. The number of nitrogens with one attached hydrogen (secondary N) is 1. The average molecular weight is 330 g/mol. The van der Waals surface area contributed by atoms with Gasteiger partial charge in [-0.05, 0) is 58.7 Å². The van der Waals surface area contributed by atoms with E-state index in [1.807, 2.05) is 6.92 Å². The van der Waals surface area contributed by atoms with Crippen molar-refractivity contribution in [2.24, 2.45) is 0 Å². The highest BCUT2D eigenvalue weighted by Crippen LogP contribution is 2.31. The quantitative estimate of drug-likeness (QED) is 0.771. The fourth-order valence-corrected chi connectivity index (χ4v) is 2.14. The molecular weight excluding hydrogens is 319 g/mol. The number of nitrogen functional groups attached to an aromatic ring is 1. The van der Waals surface area contributed by atoms with Crippen molar-refractivity contribution in [2.45, 2.75) is 6.92 Å². The Balaban J connectivity index is 2.37. The molecule has 0 amide bonds. The van der Waals surface area contributed by atoms with Gasteiger partial charge in [-0.3, -0.25) is 0 Å². The molecule has 0 aliphatic carbocycles. The maximum Gasteiger partial charge on any atom is 0.137 e. The Labute approximate surface area is 118 Å². The Bertz CT molecular complexity index is 602. The number of hydrogen-bond donors (Lipinski definition) is 2. The van der Waals surface area contributed by atoms with Crippen LogP contribution in [-0.4, -0.2) is 0 Å². The summed E-state index contributed by atoms with van der Waals surface area (Å²) in [5, 5.41) is 3.67. The summed E-state index contributed by atoms with van der Waals surface area (Å²) in [6, 6.07) is 8.34. The van der Waals surface area contributed by atoms with Crippen LogP contribution in [0.3, 0.4) is 0 Å². The van der Waals surface area contributed by atoms with E-state index in [1.54, 1.807) is 24.3 Å². The maximum absolute atomic E-state index is 13.3. The molecule has 0 saturated carbocycles. The highest BCUT2D eigenvalue weighted by Gasteiger charge is 2.07. The molecule has 0 atom stereocenters. The summed E-state index contributed by atoms with van der Waals surface area (Å²) < 4.78 is 13.7. The van der Waals surface area contributed by atoms with E-state index in [-0.39, 0.29) is 5.82 Å². The molecule has 0 aromatic heterocycles. The Morgan fingerprint density at radius 1 is 1.22 bits per heavy atom. The molecule has 94 valence electrons. The number of nitrogens with two attached hydrogens (primary N) is 1. The first kappa shape index (κ1) is 13.2. The predicted octanol–water partition coefficient (Wildman–Crippen LogP) is 4.88. The van der Waals surface area contributed by atoms with Gasteiger partial charge in [0.1, 0.15) is 5.82 Å². The molecule has 0 saturated heterocycles. The van der Waals surface area contributed by atoms with Crippen LogP contribution in [0.15, 0.2) is 34.8 Å². The topological polar surface area (TPSA) is 38.0 Å². The van der Waals surface area contributed by atoms with Crippen molar-refractivity contribution in [3.63, 3.8) is 0 Å². The lowest BCUT2D eigenvalue weighted by atomic mass is 10.2. The van der Waals surface area contributed by atoms with Gasteiger partial charge in [0.2, 0.25) is 0 Å². The lowest BCUT2D eigenvalue weighted by Crippen LogP contribution is -1.96. The molecule has 0 aliphatic heterocycles. The van der Waals surface area contributed by atoms with Crippen LogP contribution in [0.4, 0.5) is 21.5 Å². The molecule has 5 heteroatoms.